The molecule has 1 N–H and O–H groups in total. The summed E-state index contributed by atoms with van der Waals surface area (Å²) in [4.78, 5) is 11.9. The van der Waals surface area contributed by atoms with Gasteiger partial charge in [-0.15, -0.1) is 0 Å². The van der Waals surface area contributed by atoms with Crippen molar-refractivity contribution in [3.8, 4) is 11.3 Å². The van der Waals surface area contributed by atoms with Gasteiger partial charge in [0.15, 0.2) is 0 Å². The first kappa shape index (κ1) is 25.2. The fourth-order valence-electron chi connectivity index (χ4n) is 6.23. The molecule has 2 aromatic heterocycles. The third-order valence-electron chi connectivity index (χ3n) is 7.54. The number of H-pyrrole nitrogens is 1. The highest BCUT2D eigenvalue weighted by Gasteiger charge is 2.42. The number of aromatic amines is 1. The van der Waals surface area contributed by atoms with Crippen LogP contribution in [0.25, 0.3) is 22.4 Å². The van der Waals surface area contributed by atoms with Gasteiger partial charge in [-0.05, 0) is 54.9 Å². The van der Waals surface area contributed by atoms with Crippen LogP contribution in [-0.4, -0.2) is 33.3 Å². The summed E-state index contributed by atoms with van der Waals surface area (Å²) >= 11 is 12.6. The number of nitrogens with zero attached hydrogens (tertiary/aromatic N) is 4. The quantitative estimate of drug-likeness (QED) is 0.384. The summed E-state index contributed by atoms with van der Waals surface area (Å²) in [6.45, 7) is 13.4. The Balaban J connectivity index is 0.00000133. The van der Waals surface area contributed by atoms with Crippen molar-refractivity contribution in [3.05, 3.63) is 34.4 Å². The summed E-state index contributed by atoms with van der Waals surface area (Å²) in [7, 11) is 0. The van der Waals surface area contributed by atoms with E-state index in [9.17, 15) is 0 Å². The first-order chi connectivity index (χ1) is 16.3. The van der Waals surface area contributed by atoms with Crippen molar-refractivity contribution in [2.75, 3.05) is 18.0 Å². The highest BCUT2D eigenvalue weighted by atomic mass is 35.5. The van der Waals surface area contributed by atoms with Crippen LogP contribution in [0.3, 0.4) is 0 Å². The zero-order valence-corrected chi connectivity index (χ0v) is 22.6. The number of nitrogens with one attached hydrogen (secondary N) is 1. The highest BCUT2D eigenvalue weighted by Crippen LogP contribution is 2.51. The van der Waals surface area contributed by atoms with Crippen LogP contribution in [0.1, 0.15) is 73.1 Å². The SMILES string of the molecule is CC.CC1CCC2(CCN(c3cnc4c(-c5cccc(Cl)c5Cl)[nH]nc4n3)CC2)CC(C)(C)C1. The summed E-state index contributed by atoms with van der Waals surface area (Å²) in [5.74, 6) is 1.74. The Labute approximate surface area is 213 Å². The maximum atomic E-state index is 6.41. The van der Waals surface area contributed by atoms with E-state index in [-0.39, 0.29) is 0 Å². The standard InChI is InChI=1S/C25H31Cl2N5.C2H6/c1-16-7-8-25(15-24(2,3)13-16)9-11-32(12-10-25)19-14-28-22-21(30-31-23(22)29-19)17-5-4-6-18(26)20(17)27;1-2/h4-6,14,16H,7-13,15H2,1-3H3,(H,29,30,31);1-2H3. The molecule has 3 heterocycles. The molecule has 5 rings (SSSR count). The molecule has 0 amide bonds. The Morgan fingerprint density at radius 1 is 1.09 bits per heavy atom. The van der Waals surface area contributed by atoms with E-state index < -0.39 is 0 Å². The second-order valence-corrected chi connectivity index (χ2v) is 11.6. The molecule has 7 heteroatoms. The Bertz CT molecular complexity index is 1130. The third-order valence-corrected chi connectivity index (χ3v) is 8.36. The van der Waals surface area contributed by atoms with Crippen molar-refractivity contribution >= 4 is 40.2 Å². The van der Waals surface area contributed by atoms with E-state index in [1.165, 1.54) is 38.5 Å². The molecule has 5 nitrogen and oxygen atoms in total. The maximum absolute atomic E-state index is 6.41. The molecular formula is C27H37Cl2N5. The van der Waals surface area contributed by atoms with Crippen molar-refractivity contribution in [2.24, 2.45) is 16.7 Å². The number of hydrogen-bond acceptors (Lipinski definition) is 4. The van der Waals surface area contributed by atoms with Crippen molar-refractivity contribution in [1.82, 2.24) is 20.2 Å². The van der Waals surface area contributed by atoms with Crippen molar-refractivity contribution in [2.45, 2.75) is 73.1 Å². The van der Waals surface area contributed by atoms with Crippen LogP contribution < -0.4 is 4.90 Å². The minimum absolute atomic E-state index is 0.434. The lowest BCUT2D eigenvalue weighted by atomic mass is 9.67. The molecule has 1 unspecified atom stereocenters. The first-order valence-electron chi connectivity index (χ1n) is 12.7. The Morgan fingerprint density at radius 3 is 2.56 bits per heavy atom. The fourth-order valence-corrected chi connectivity index (χ4v) is 6.63. The van der Waals surface area contributed by atoms with Crippen LogP contribution in [0, 0.1) is 16.7 Å². The molecule has 1 aliphatic carbocycles. The van der Waals surface area contributed by atoms with Crippen LogP contribution in [0.2, 0.25) is 10.0 Å². The molecule has 34 heavy (non-hydrogen) atoms. The van der Waals surface area contributed by atoms with Gasteiger partial charge in [-0.1, -0.05) is 76.4 Å². The lowest BCUT2D eigenvalue weighted by Gasteiger charge is -2.45. The minimum Gasteiger partial charge on any atom is -0.355 e. The van der Waals surface area contributed by atoms with Crippen LogP contribution in [0.15, 0.2) is 24.4 Å². The van der Waals surface area contributed by atoms with Gasteiger partial charge in [0.05, 0.1) is 21.9 Å². The molecule has 1 aliphatic heterocycles. The van der Waals surface area contributed by atoms with Gasteiger partial charge in [-0.2, -0.15) is 5.10 Å². The van der Waals surface area contributed by atoms with Crippen LogP contribution in [0.4, 0.5) is 5.82 Å². The molecule has 1 spiro atoms. The smallest absolute Gasteiger partial charge is 0.202 e. The minimum atomic E-state index is 0.434. The first-order valence-corrected chi connectivity index (χ1v) is 13.4. The van der Waals surface area contributed by atoms with E-state index in [1.807, 2.05) is 32.2 Å². The number of benzene rings is 1. The Morgan fingerprint density at radius 2 is 1.82 bits per heavy atom. The van der Waals surface area contributed by atoms with Gasteiger partial charge in [0.1, 0.15) is 11.3 Å². The highest BCUT2D eigenvalue weighted by molar-refractivity contribution is 6.43. The number of rotatable bonds is 2. The van der Waals surface area contributed by atoms with Crippen LogP contribution in [0.5, 0.6) is 0 Å². The summed E-state index contributed by atoms with van der Waals surface area (Å²) in [6.07, 6.45) is 9.73. The van der Waals surface area contributed by atoms with Gasteiger partial charge in [0, 0.05) is 18.7 Å². The lowest BCUT2D eigenvalue weighted by Crippen LogP contribution is -2.42. The molecule has 1 aromatic carbocycles. The molecular weight excluding hydrogens is 465 g/mol. The van der Waals surface area contributed by atoms with E-state index in [1.54, 1.807) is 6.07 Å². The molecule has 2 fully saturated rings. The summed E-state index contributed by atoms with van der Waals surface area (Å²) < 4.78 is 0. The molecule has 3 aromatic rings. The largest absolute Gasteiger partial charge is 0.355 e. The molecule has 1 atom stereocenters. The predicted octanol–water partition coefficient (Wildman–Crippen LogP) is 8.18. The number of anilines is 1. The molecule has 1 saturated heterocycles. The predicted molar refractivity (Wildman–Crippen MR) is 144 cm³/mol. The van der Waals surface area contributed by atoms with Crippen LogP contribution in [-0.2, 0) is 0 Å². The average Bonchev–Trinajstić information content (AvgIpc) is 3.19. The maximum Gasteiger partial charge on any atom is 0.202 e. The number of halogens is 2. The summed E-state index contributed by atoms with van der Waals surface area (Å²) in [5.41, 5.74) is 3.77. The normalized spacial score (nSPS) is 21.7. The molecule has 2 aliphatic rings. The summed E-state index contributed by atoms with van der Waals surface area (Å²) in [5, 5.41) is 8.48. The topological polar surface area (TPSA) is 57.7 Å². The average molecular weight is 503 g/mol. The van der Waals surface area contributed by atoms with Gasteiger partial charge in [-0.3, -0.25) is 5.10 Å². The second-order valence-electron chi connectivity index (χ2n) is 10.8. The van der Waals surface area contributed by atoms with Crippen molar-refractivity contribution < 1.29 is 0 Å². The molecule has 0 bridgehead atoms. The van der Waals surface area contributed by atoms with E-state index in [0.29, 0.717) is 32.0 Å². The van der Waals surface area contributed by atoms with Gasteiger partial charge in [0.2, 0.25) is 5.65 Å². The summed E-state index contributed by atoms with van der Waals surface area (Å²) in [6, 6.07) is 5.56. The zero-order valence-electron chi connectivity index (χ0n) is 21.1. The van der Waals surface area contributed by atoms with Gasteiger partial charge >= 0.3 is 0 Å². The molecule has 184 valence electrons. The van der Waals surface area contributed by atoms with Crippen molar-refractivity contribution in [3.63, 3.8) is 0 Å². The number of fused-ring (bicyclic) bond motifs is 1. The Kier molecular flexibility index (Phi) is 7.44. The second kappa shape index (κ2) is 10.0. The van der Waals surface area contributed by atoms with Gasteiger partial charge in [0.25, 0.3) is 0 Å². The Hall–Kier alpha value is -1.85. The monoisotopic (exact) mass is 501 g/mol. The number of aromatic nitrogens is 4. The molecule has 1 saturated carbocycles. The van der Waals surface area contributed by atoms with E-state index in [4.69, 9.17) is 33.2 Å². The fraction of sp³-hybridized carbons (Fsp3) is 0.593. The number of piperidine rings is 1. The van der Waals surface area contributed by atoms with Gasteiger partial charge in [-0.25, -0.2) is 9.97 Å². The number of hydrogen-bond donors (Lipinski definition) is 1. The van der Waals surface area contributed by atoms with Gasteiger partial charge < -0.3 is 4.90 Å². The van der Waals surface area contributed by atoms with Crippen LogP contribution >= 0.6 is 23.2 Å². The van der Waals surface area contributed by atoms with E-state index in [0.717, 1.165) is 36.1 Å². The lowest BCUT2D eigenvalue weighted by molar-refractivity contribution is 0.123. The third kappa shape index (κ3) is 5.06. The molecule has 0 radical (unpaired) electrons. The van der Waals surface area contributed by atoms with Crippen molar-refractivity contribution in [1.29, 1.82) is 0 Å². The van der Waals surface area contributed by atoms with E-state index >= 15 is 0 Å². The van der Waals surface area contributed by atoms with E-state index in [2.05, 4.69) is 35.9 Å². The zero-order chi connectivity index (χ0) is 24.5.